The molecule has 0 unspecified atom stereocenters. The molecule has 0 aliphatic heterocycles. The molecule has 0 aromatic carbocycles. The van der Waals surface area contributed by atoms with Crippen LogP contribution in [-0.4, -0.2) is 71.2 Å². The largest absolute Gasteiger partial charge is 0.481 e. The van der Waals surface area contributed by atoms with E-state index >= 15 is 0 Å². The van der Waals surface area contributed by atoms with Crippen molar-refractivity contribution in [3.63, 3.8) is 0 Å². The lowest BCUT2D eigenvalue weighted by Gasteiger charge is -2.05. The Balaban J connectivity index is 0.000000169. The summed E-state index contributed by atoms with van der Waals surface area (Å²) in [5, 5.41) is 16.8. The van der Waals surface area contributed by atoms with Crippen LogP contribution in [0.1, 0.15) is 75.6 Å². The smallest absolute Gasteiger partial charge is 0.303 e. The molecule has 6 aromatic heterocycles. The van der Waals surface area contributed by atoms with E-state index < -0.39 is 11.9 Å². The number of hydrogen-bond acceptors (Lipinski definition) is 8. The molecule has 0 bridgehead atoms. The highest BCUT2D eigenvalue weighted by molar-refractivity contribution is 5.66. The van der Waals surface area contributed by atoms with Crippen LogP contribution in [0.25, 0.3) is 23.3 Å². The molecule has 0 amide bonds. The Morgan fingerprint density at radius 3 is 1.28 bits per heavy atom. The summed E-state index contributed by atoms with van der Waals surface area (Å²) in [6.45, 7) is 1.38. The Bertz CT molecular complexity index is 1640. The molecule has 14 nitrogen and oxygen atoms in total. The molecule has 262 valence electrons. The first-order valence-corrected chi connectivity index (χ1v) is 16.7. The predicted octanol–water partition coefficient (Wildman–Crippen LogP) is 6.49. The maximum Gasteiger partial charge on any atom is 0.303 e. The summed E-state index contributed by atoms with van der Waals surface area (Å²) < 4.78 is 4.03. The lowest BCUT2D eigenvalue weighted by molar-refractivity contribution is -0.138. The van der Waals surface area contributed by atoms with Crippen LogP contribution in [0.3, 0.4) is 0 Å². The van der Waals surface area contributed by atoms with E-state index in [1.165, 1.54) is 0 Å². The minimum Gasteiger partial charge on any atom is -0.481 e. The average Bonchev–Trinajstić information content (AvgIpc) is 3.96. The van der Waals surface area contributed by atoms with Gasteiger partial charge in [0.05, 0.1) is 24.5 Å². The zero-order valence-electron chi connectivity index (χ0n) is 28.0. The van der Waals surface area contributed by atoms with Gasteiger partial charge < -0.3 is 29.3 Å². The number of hydrogen-bond donors (Lipinski definition) is 4. The van der Waals surface area contributed by atoms with Crippen LogP contribution in [0.5, 0.6) is 0 Å². The maximum absolute atomic E-state index is 10.2. The second-order valence-electron chi connectivity index (χ2n) is 11.4. The number of nitrogens with one attached hydrogen (secondary N) is 2. The summed E-state index contributed by atoms with van der Waals surface area (Å²) in [6, 6.07) is 11.8. The van der Waals surface area contributed by atoms with Gasteiger partial charge in [-0.15, -0.1) is 0 Å². The summed E-state index contributed by atoms with van der Waals surface area (Å²) in [5.74, 6) is 1.75. The minimum atomic E-state index is -0.714. The fraction of sp³-hybridized carbons (Fsp3) is 0.333. The number of aromatic nitrogens is 10. The highest BCUT2D eigenvalue weighted by Crippen LogP contribution is 2.15. The number of carboxylic acid groups (broad SMARTS) is 2. The number of imidazole rings is 4. The molecule has 0 saturated heterocycles. The second kappa shape index (κ2) is 21.1. The van der Waals surface area contributed by atoms with E-state index in [0.717, 1.165) is 86.1 Å². The van der Waals surface area contributed by atoms with Crippen LogP contribution in [0.2, 0.25) is 0 Å². The summed E-state index contributed by atoms with van der Waals surface area (Å²) in [6.07, 6.45) is 26.5. The van der Waals surface area contributed by atoms with Gasteiger partial charge in [0.2, 0.25) is 0 Å². The number of H-pyrrole nitrogens is 2. The van der Waals surface area contributed by atoms with E-state index in [4.69, 9.17) is 10.2 Å². The molecule has 0 radical (unpaired) electrons. The third kappa shape index (κ3) is 13.3. The Kier molecular flexibility index (Phi) is 15.6. The number of pyridine rings is 2. The van der Waals surface area contributed by atoms with Gasteiger partial charge in [-0.3, -0.25) is 19.6 Å². The first kappa shape index (κ1) is 36.9. The lowest BCUT2D eigenvalue weighted by atomic mass is 10.1. The number of nitrogens with zero attached hydrogens (tertiary/aromatic N) is 8. The van der Waals surface area contributed by atoms with E-state index in [-0.39, 0.29) is 12.8 Å². The topological polar surface area (TPSA) is 193 Å². The van der Waals surface area contributed by atoms with Crippen molar-refractivity contribution in [2.75, 3.05) is 0 Å². The molecule has 0 fully saturated rings. The normalized spacial score (nSPS) is 10.5. The molecule has 4 N–H and O–H groups in total. The van der Waals surface area contributed by atoms with Gasteiger partial charge >= 0.3 is 11.9 Å². The van der Waals surface area contributed by atoms with Gasteiger partial charge in [0.15, 0.2) is 23.3 Å². The fourth-order valence-electron chi connectivity index (χ4n) is 5.03. The van der Waals surface area contributed by atoms with Gasteiger partial charge in [0.25, 0.3) is 0 Å². The molecular formula is C36H44N10O4. The number of carboxylic acids is 2. The molecular weight excluding hydrogens is 636 g/mol. The highest BCUT2D eigenvalue weighted by atomic mass is 16.4. The first-order valence-electron chi connectivity index (χ1n) is 16.7. The molecule has 6 heterocycles. The van der Waals surface area contributed by atoms with E-state index in [1.807, 2.05) is 57.9 Å². The van der Waals surface area contributed by atoms with Crippen LogP contribution < -0.4 is 0 Å². The van der Waals surface area contributed by atoms with Crippen molar-refractivity contribution < 1.29 is 19.8 Å². The van der Waals surface area contributed by atoms with Crippen molar-refractivity contribution in [1.29, 1.82) is 0 Å². The Labute approximate surface area is 290 Å². The third-order valence-electron chi connectivity index (χ3n) is 7.50. The molecule has 6 aromatic rings. The lowest BCUT2D eigenvalue weighted by Crippen LogP contribution is -2.03. The van der Waals surface area contributed by atoms with Crippen molar-refractivity contribution in [2.45, 2.75) is 77.3 Å². The molecule has 0 spiro atoms. The van der Waals surface area contributed by atoms with Crippen molar-refractivity contribution in [2.24, 2.45) is 0 Å². The van der Waals surface area contributed by atoms with Crippen LogP contribution >= 0.6 is 0 Å². The number of rotatable bonds is 17. The standard InChI is InChI=1S/2C12H11N5.C12H22O4/c2*1-2-4-13-10(3-1)9-17-8-7-16-12(17)11-14-5-6-15-11;13-11(14)9-7-5-3-1-2-4-6-8-10-12(15)16/h2*1-8H,9H2,(H,14,15);1-10H2,(H,13,14)(H,15,16). The molecule has 0 atom stereocenters. The van der Waals surface area contributed by atoms with Crippen LogP contribution in [0.4, 0.5) is 0 Å². The summed E-state index contributed by atoms with van der Waals surface area (Å²) >= 11 is 0. The third-order valence-corrected chi connectivity index (χ3v) is 7.50. The van der Waals surface area contributed by atoms with E-state index in [2.05, 4.69) is 39.9 Å². The zero-order chi connectivity index (χ0) is 35.2. The Hall–Kier alpha value is -5.92. The second-order valence-corrected chi connectivity index (χ2v) is 11.4. The zero-order valence-corrected chi connectivity index (χ0v) is 28.0. The van der Waals surface area contributed by atoms with E-state index in [9.17, 15) is 9.59 Å². The van der Waals surface area contributed by atoms with Crippen molar-refractivity contribution in [3.8, 4) is 23.3 Å². The van der Waals surface area contributed by atoms with E-state index in [0.29, 0.717) is 13.1 Å². The SMILES string of the molecule is O=C(O)CCCCCCCCCCC(=O)O.c1ccc(Cn2ccnc2-c2ncc[nH]2)nc1.c1ccc(Cn2ccnc2-c2ncc[nH]2)nc1. The van der Waals surface area contributed by atoms with Crippen LogP contribution in [0, 0.1) is 0 Å². The average molecular weight is 681 g/mol. The van der Waals surface area contributed by atoms with E-state index in [1.54, 1.807) is 49.6 Å². The number of carbonyl (C=O) groups is 2. The monoisotopic (exact) mass is 680 g/mol. The molecule has 0 aliphatic carbocycles. The minimum absolute atomic E-state index is 0.276. The summed E-state index contributed by atoms with van der Waals surface area (Å²) in [5.41, 5.74) is 2.00. The summed E-state index contributed by atoms with van der Waals surface area (Å²) in [4.78, 5) is 52.1. The molecule has 6 rings (SSSR count). The Morgan fingerprint density at radius 2 is 0.940 bits per heavy atom. The summed E-state index contributed by atoms with van der Waals surface area (Å²) in [7, 11) is 0. The predicted molar refractivity (Wildman–Crippen MR) is 188 cm³/mol. The highest BCUT2D eigenvalue weighted by Gasteiger charge is 2.09. The fourth-order valence-corrected chi connectivity index (χ4v) is 5.03. The van der Waals surface area contributed by atoms with Gasteiger partial charge in [-0.1, -0.05) is 50.7 Å². The molecule has 14 heteroatoms. The van der Waals surface area contributed by atoms with Crippen molar-refractivity contribution in [1.82, 2.24) is 49.0 Å². The van der Waals surface area contributed by atoms with Gasteiger partial charge in [-0.2, -0.15) is 0 Å². The van der Waals surface area contributed by atoms with Crippen molar-refractivity contribution in [3.05, 3.63) is 110 Å². The van der Waals surface area contributed by atoms with Gasteiger partial charge in [-0.25, -0.2) is 19.9 Å². The van der Waals surface area contributed by atoms with Crippen LogP contribution in [-0.2, 0) is 22.7 Å². The molecule has 0 saturated carbocycles. The van der Waals surface area contributed by atoms with Gasteiger partial charge in [-0.05, 0) is 37.1 Å². The molecule has 0 aliphatic rings. The molecule has 50 heavy (non-hydrogen) atoms. The number of aliphatic carboxylic acids is 2. The Morgan fingerprint density at radius 1 is 0.520 bits per heavy atom. The van der Waals surface area contributed by atoms with Gasteiger partial charge in [0, 0.05) is 74.8 Å². The first-order chi connectivity index (χ1) is 24.5. The van der Waals surface area contributed by atoms with Crippen molar-refractivity contribution >= 4 is 11.9 Å². The maximum atomic E-state index is 10.2. The van der Waals surface area contributed by atoms with Crippen LogP contribution in [0.15, 0.2) is 98.4 Å². The van der Waals surface area contributed by atoms with Gasteiger partial charge in [0.1, 0.15) is 0 Å². The number of unbranched alkanes of at least 4 members (excludes halogenated alkanes) is 7. The quantitative estimate of drug-likeness (QED) is 0.0774. The number of aromatic amines is 2.